The molecule has 4 fully saturated rings. The molecule has 1 unspecified atom stereocenters. The number of hydrogen-bond acceptors (Lipinski definition) is 9. The molecule has 55 heavy (non-hydrogen) atoms. The number of pyridine rings is 1. The van der Waals surface area contributed by atoms with Crippen molar-refractivity contribution in [3.63, 3.8) is 0 Å². The second-order valence-electron chi connectivity index (χ2n) is 16.2. The van der Waals surface area contributed by atoms with E-state index >= 15 is 0 Å². The Bertz CT molecular complexity index is 2390. The highest BCUT2D eigenvalue weighted by Gasteiger charge is 2.52. The summed E-state index contributed by atoms with van der Waals surface area (Å²) < 4.78 is 14.6. The number of carbonyl (C=O) groups excluding carboxylic acids is 4. The molecule has 6 heterocycles. The van der Waals surface area contributed by atoms with Gasteiger partial charge in [0.05, 0.1) is 22.7 Å². The molecule has 4 aliphatic heterocycles. The molecular formula is C43H42N6O6. The highest BCUT2D eigenvalue weighted by atomic mass is 16.5. The molecule has 1 spiro atoms. The zero-order valence-electron chi connectivity index (χ0n) is 30.7. The van der Waals surface area contributed by atoms with E-state index in [-0.39, 0.29) is 30.1 Å². The lowest BCUT2D eigenvalue weighted by molar-refractivity contribution is -0.136. The standard InChI is InChI=1S/C43H42N6O6/c1-46-36-12-13-44-20-35(36)32-8-4-28(18-38(32)46)27-2-5-29(6-3-27)55-31-16-26(17-31)21-48-24-43(25-48)22-47(23-43)14-15-54-30-7-9-33-34(19-30)42(53)49(41(33)52)37-10-11-39(50)45-40(37)51/h2-9,12-13,18-20,26,31,37H,10-11,14-17,21-25H2,1H3,(H,45,50,51)/t26-,31-,37?. The van der Waals surface area contributed by atoms with Crippen LogP contribution in [0, 0.1) is 11.3 Å². The minimum absolute atomic E-state index is 0.0901. The topological polar surface area (TPSA) is 126 Å². The molecule has 3 aromatic carbocycles. The summed E-state index contributed by atoms with van der Waals surface area (Å²) in [5, 5.41) is 4.62. The van der Waals surface area contributed by atoms with Gasteiger partial charge in [0.2, 0.25) is 11.8 Å². The first kappa shape index (κ1) is 33.9. The van der Waals surface area contributed by atoms with Gasteiger partial charge in [-0.25, -0.2) is 0 Å². The Balaban J connectivity index is 0.639. The molecule has 10 rings (SSSR count). The maximum absolute atomic E-state index is 13.1. The van der Waals surface area contributed by atoms with E-state index in [1.807, 2.05) is 12.4 Å². The Kier molecular flexibility index (Phi) is 8.04. The molecule has 4 amide bonds. The normalized spacial score (nSPS) is 23.4. The van der Waals surface area contributed by atoms with Gasteiger partial charge in [-0.15, -0.1) is 0 Å². The number of imide groups is 2. The second kappa shape index (κ2) is 13.0. The highest BCUT2D eigenvalue weighted by molar-refractivity contribution is 6.23. The fraction of sp³-hybridized carbons (Fsp3) is 0.372. The number of piperidine rings is 1. The van der Waals surface area contributed by atoms with Crippen LogP contribution in [0.25, 0.3) is 32.9 Å². The fourth-order valence-corrected chi connectivity index (χ4v) is 9.56. The van der Waals surface area contributed by atoms with E-state index in [4.69, 9.17) is 9.47 Å². The third-order valence-electron chi connectivity index (χ3n) is 12.3. The van der Waals surface area contributed by atoms with E-state index in [1.54, 1.807) is 18.2 Å². The number of rotatable bonds is 10. The summed E-state index contributed by atoms with van der Waals surface area (Å²) in [4.78, 5) is 60.2. The van der Waals surface area contributed by atoms with Crippen LogP contribution in [0.15, 0.2) is 79.1 Å². The first-order chi connectivity index (χ1) is 26.7. The van der Waals surface area contributed by atoms with E-state index in [2.05, 4.69) is 80.2 Å². The Morgan fingerprint density at radius 2 is 1.55 bits per heavy atom. The van der Waals surface area contributed by atoms with Crippen LogP contribution < -0.4 is 14.8 Å². The minimum atomic E-state index is -0.978. The number of benzene rings is 3. The average molecular weight is 739 g/mol. The molecule has 2 aromatic heterocycles. The van der Waals surface area contributed by atoms with Crippen molar-refractivity contribution in [3.8, 4) is 22.6 Å². The maximum atomic E-state index is 13.1. The van der Waals surface area contributed by atoms with Crippen molar-refractivity contribution in [2.75, 3.05) is 45.9 Å². The van der Waals surface area contributed by atoms with Crippen LogP contribution in [-0.2, 0) is 16.6 Å². The first-order valence-corrected chi connectivity index (χ1v) is 19.2. The third-order valence-corrected chi connectivity index (χ3v) is 12.3. The summed E-state index contributed by atoms with van der Waals surface area (Å²) in [7, 11) is 2.11. The van der Waals surface area contributed by atoms with Crippen molar-refractivity contribution < 1.29 is 28.7 Å². The van der Waals surface area contributed by atoms with Crippen molar-refractivity contribution in [2.45, 2.75) is 37.8 Å². The quantitative estimate of drug-likeness (QED) is 0.204. The number of likely N-dealkylation sites (tertiary alicyclic amines) is 2. The number of nitrogens with zero attached hydrogens (tertiary/aromatic N) is 5. The van der Waals surface area contributed by atoms with Gasteiger partial charge in [-0.2, -0.15) is 0 Å². The summed E-state index contributed by atoms with van der Waals surface area (Å²) in [5.41, 5.74) is 5.62. The maximum Gasteiger partial charge on any atom is 0.262 e. The molecular weight excluding hydrogens is 697 g/mol. The number of amides is 4. The number of aromatic nitrogens is 2. The van der Waals surface area contributed by atoms with Crippen LogP contribution in [0.4, 0.5) is 0 Å². The number of fused-ring (bicyclic) bond motifs is 4. The summed E-state index contributed by atoms with van der Waals surface area (Å²) in [6, 6.07) is 21.1. The van der Waals surface area contributed by atoms with E-state index in [1.165, 1.54) is 32.9 Å². The second-order valence-corrected chi connectivity index (χ2v) is 16.2. The van der Waals surface area contributed by atoms with Gasteiger partial charge >= 0.3 is 0 Å². The predicted molar refractivity (Wildman–Crippen MR) is 205 cm³/mol. The van der Waals surface area contributed by atoms with E-state index in [9.17, 15) is 19.2 Å². The van der Waals surface area contributed by atoms with Crippen molar-refractivity contribution in [2.24, 2.45) is 18.4 Å². The number of aryl methyl sites for hydroxylation is 1. The number of nitrogens with one attached hydrogen (secondary N) is 1. The Morgan fingerprint density at radius 1 is 0.800 bits per heavy atom. The van der Waals surface area contributed by atoms with Crippen LogP contribution in [-0.4, -0.2) is 106 Å². The van der Waals surface area contributed by atoms with Crippen molar-refractivity contribution in [1.82, 2.24) is 29.6 Å². The van der Waals surface area contributed by atoms with Gasteiger partial charge in [0.15, 0.2) is 0 Å². The molecule has 12 nitrogen and oxygen atoms in total. The minimum Gasteiger partial charge on any atom is -0.492 e. The molecule has 0 radical (unpaired) electrons. The van der Waals surface area contributed by atoms with Gasteiger partial charge < -0.3 is 18.9 Å². The fourth-order valence-electron chi connectivity index (χ4n) is 9.56. The third kappa shape index (κ3) is 5.95. The summed E-state index contributed by atoms with van der Waals surface area (Å²) in [6.45, 7) is 6.79. The Labute approximate surface area is 318 Å². The van der Waals surface area contributed by atoms with Crippen LogP contribution in [0.2, 0.25) is 0 Å². The SMILES string of the molecule is Cn1c2ccncc2c2ccc(-c3ccc(O[C@H]4C[C@H](CN5CC6(CN(CCOc7ccc8c(c7)C(=O)N(C7CCC(=O)NC7=O)C8=O)C6)C5)C4)cc3)cc21. The largest absolute Gasteiger partial charge is 0.492 e. The molecule has 1 aliphatic carbocycles. The number of carbonyl (C=O) groups is 4. The molecule has 5 aromatic rings. The molecule has 280 valence electrons. The van der Waals surface area contributed by atoms with Crippen LogP contribution in [0.1, 0.15) is 46.4 Å². The lowest BCUT2D eigenvalue weighted by atomic mass is 9.71. The monoisotopic (exact) mass is 738 g/mol. The van der Waals surface area contributed by atoms with Gasteiger partial charge in [-0.1, -0.05) is 24.3 Å². The first-order valence-electron chi connectivity index (χ1n) is 19.2. The zero-order chi connectivity index (χ0) is 37.4. The number of ether oxygens (including phenoxy) is 2. The van der Waals surface area contributed by atoms with Gasteiger partial charge in [0, 0.05) is 86.8 Å². The summed E-state index contributed by atoms with van der Waals surface area (Å²) in [5.74, 6) is 0.0760. The molecule has 1 atom stereocenters. The molecule has 3 saturated heterocycles. The van der Waals surface area contributed by atoms with Gasteiger partial charge in [-0.05, 0) is 78.8 Å². The summed E-state index contributed by atoms with van der Waals surface area (Å²) >= 11 is 0. The van der Waals surface area contributed by atoms with Gasteiger partial charge in [-0.3, -0.25) is 39.3 Å². The Morgan fingerprint density at radius 3 is 2.35 bits per heavy atom. The molecule has 1 N–H and O–H groups in total. The zero-order valence-corrected chi connectivity index (χ0v) is 30.7. The van der Waals surface area contributed by atoms with Crippen molar-refractivity contribution in [3.05, 3.63) is 90.3 Å². The van der Waals surface area contributed by atoms with Crippen molar-refractivity contribution >= 4 is 45.4 Å². The molecule has 1 saturated carbocycles. The van der Waals surface area contributed by atoms with Gasteiger partial charge in [0.1, 0.15) is 24.1 Å². The lowest BCUT2D eigenvalue weighted by Crippen LogP contribution is -2.72. The lowest BCUT2D eigenvalue weighted by Gasteiger charge is -2.61. The highest BCUT2D eigenvalue weighted by Crippen LogP contribution is 2.42. The van der Waals surface area contributed by atoms with Crippen molar-refractivity contribution in [1.29, 1.82) is 0 Å². The molecule has 5 aliphatic rings. The Hall–Kier alpha value is -5.59. The van der Waals surface area contributed by atoms with Crippen LogP contribution in [0.5, 0.6) is 11.5 Å². The van der Waals surface area contributed by atoms with E-state index in [0.29, 0.717) is 23.7 Å². The van der Waals surface area contributed by atoms with E-state index < -0.39 is 29.7 Å². The molecule has 12 heteroatoms. The summed E-state index contributed by atoms with van der Waals surface area (Å²) in [6.07, 6.45) is 6.48. The predicted octanol–water partition coefficient (Wildman–Crippen LogP) is 4.65. The number of hydrogen-bond donors (Lipinski definition) is 1. The average Bonchev–Trinajstić information content (AvgIpc) is 3.56. The van der Waals surface area contributed by atoms with Gasteiger partial charge in [0.25, 0.3) is 11.8 Å². The van der Waals surface area contributed by atoms with Crippen LogP contribution in [0.3, 0.4) is 0 Å². The van der Waals surface area contributed by atoms with Crippen LogP contribution >= 0.6 is 0 Å². The molecule has 0 bridgehead atoms. The smallest absolute Gasteiger partial charge is 0.262 e. The van der Waals surface area contributed by atoms with E-state index in [0.717, 1.165) is 62.8 Å².